The number of carbonyl (C=O) groups excluding carboxylic acids is 2. The summed E-state index contributed by atoms with van der Waals surface area (Å²) in [5, 5.41) is 12.7. The second-order valence-electron chi connectivity index (χ2n) is 16.1. The van der Waals surface area contributed by atoms with Crippen molar-refractivity contribution in [3.8, 4) is 0 Å². The molecule has 0 bridgehead atoms. The lowest BCUT2D eigenvalue weighted by molar-refractivity contribution is -0.147. The Kier molecular flexibility index (Phi) is 43.9. The highest BCUT2D eigenvalue weighted by Crippen LogP contribution is 2.42. The van der Waals surface area contributed by atoms with Gasteiger partial charge in [0.2, 0.25) is 5.91 Å². The molecule has 59 heavy (non-hydrogen) atoms. The van der Waals surface area contributed by atoms with Crippen molar-refractivity contribution >= 4 is 19.7 Å². The fourth-order valence-corrected chi connectivity index (χ4v) is 7.32. The zero-order chi connectivity index (χ0) is 43.2. The molecule has 0 aliphatic heterocycles. The van der Waals surface area contributed by atoms with Crippen molar-refractivity contribution in [1.82, 2.24) is 5.32 Å². The molecule has 0 aromatic rings. The summed E-state index contributed by atoms with van der Waals surface area (Å²) in [6, 6.07) is 0. The highest BCUT2D eigenvalue weighted by atomic mass is 31.2. The van der Waals surface area contributed by atoms with Crippen molar-refractivity contribution in [2.24, 2.45) is 0 Å². The van der Waals surface area contributed by atoms with Gasteiger partial charge >= 0.3 is 13.8 Å². The van der Waals surface area contributed by atoms with E-state index in [-0.39, 0.29) is 32.1 Å². The first-order valence-electron chi connectivity index (χ1n) is 24.1. The molecule has 0 rings (SSSR count). The Balaban J connectivity index is 3.58. The van der Waals surface area contributed by atoms with Crippen molar-refractivity contribution in [3.63, 3.8) is 0 Å². The van der Waals surface area contributed by atoms with Crippen molar-refractivity contribution in [3.05, 3.63) is 48.6 Å². The number of phosphoric acid groups is 1. The maximum atomic E-state index is 12.1. The molecule has 2 atom stereocenters. The van der Waals surface area contributed by atoms with E-state index in [1.165, 1.54) is 135 Å². The van der Waals surface area contributed by atoms with Gasteiger partial charge in [-0.05, 0) is 77.0 Å². The topological polar surface area (TPSA) is 131 Å². The minimum absolute atomic E-state index is 0.0765. The Morgan fingerprint density at radius 1 is 0.525 bits per heavy atom. The minimum atomic E-state index is -4.42. The fourth-order valence-electron chi connectivity index (χ4n) is 6.56. The molecule has 0 saturated heterocycles. The van der Waals surface area contributed by atoms with Gasteiger partial charge in [-0.1, -0.05) is 178 Å². The first-order valence-corrected chi connectivity index (χ1v) is 25.6. The van der Waals surface area contributed by atoms with Crippen LogP contribution in [-0.4, -0.2) is 54.3 Å². The second kappa shape index (κ2) is 45.5. The molecule has 344 valence electrons. The van der Waals surface area contributed by atoms with Crippen molar-refractivity contribution in [1.29, 1.82) is 0 Å². The number of esters is 1. The number of carbonyl (C=O) groups is 2. The van der Waals surface area contributed by atoms with Gasteiger partial charge in [0.1, 0.15) is 12.7 Å². The summed E-state index contributed by atoms with van der Waals surface area (Å²) in [5.74, 6) is -0.524. The van der Waals surface area contributed by atoms with Crippen LogP contribution in [0.15, 0.2) is 48.6 Å². The number of aliphatic hydroxyl groups is 1. The van der Waals surface area contributed by atoms with Crippen LogP contribution < -0.4 is 5.32 Å². The van der Waals surface area contributed by atoms with Gasteiger partial charge < -0.3 is 20.1 Å². The summed E-state index contributed by atoms with van der Waals surface area (Å²) in [7, 11) is -4.42. The van der Waals surface area contributed by atoms with Crippen molar-refractivity contribution in [2.75, 3.05) is 26.4 Å². The van der Waals surface area contributed by atoms with Crippen molar-refractivity contribution < 1.29 is 37.9 Å². The number of hydrogen-bond donors (Lipinski definition) is 3. The number of ether oxygens (including phenoxy) is 1. The Labute approximate surface area is 362 Å². The lowest BCUT2D eigenvalue weighted by Gasteiger charge is -2.15. The van der Waals surface area contributed by atoms with Crippen LogP contribution in [0.5, 0.6) is 0 Å². The molecular formula is C49H90NO8P. The lowest BCUT2D eigenvalue weighted by Crippen LogP contribution is -2.27. The fraction of sp³-hybridized carbons (Fsp3) is 0.796. The van der Waals surface area contributed by atoms with Crippen LogP contribution in [0.3, 0.4) is 0 Å². The Bertz CT molecular complexity index is 1110. The van der Waals surface area contributed by atoms with E-state index in [1.54, 1.807) is 0 Å². The molecule has 0 spiro atoms. The Morgan fingerprint density at radius 2 is 0.915 bits per heavy atom. The summed E-state index contributed by atoms with van der Waals surface area (Å²) in [4.78, 5) is 34.0. The number of nitrogens with one attached hydrogen (secondary N) is 1. The summed E-state index contributed by atoms with van der Waals surface area (Å²) >= 11 is 0. The molecule has 0 aliphatic carbocycles. The number of rotatable bonds is 45. The molecule has 2 unspecified atom stereocenters. The molecule has 1 amide bonds. The van der Waals surface area contributed by atoms with Crippen LogP contribution in [-0.2, 0) is 27.9 Å². The van der Waals surface area contributed by atoms with Crippen LogP contribution in [0.2, 0.25) is 0 Å². The molecule has 10 heteroatoms. The van der Waals surface area contributed by atoms with Gasteiger partial charge in [-0.3, -0.25) is 18.6 Å². The highest BCUT2D eigenvalue weighted by molar-refractivity contribution is 7.47. The quantitative estimate of drug-likeness (QED) is 0.0239. The molecule has 0 aromatic heterocycles. The Morgan fingerprint density at radius 3 is 1.36 bits per heavy atom. The third-order valence-electron chi connectivity index (χ3n) is 10.2. The predicted octanol–water partition coefficient (Wildman–Crippen LogP) is 13.9. The summed E-state index contributed by atoms with van der Waals surface area (Å²) in [6.07, 6.45) is 53.2. The highest BCUT2D eigenvalue weighted by Gasteiger charge is 2.23. The van der Waals surface area contributed by atoms with Crippen LogP contribution in [0.25, 0.3) is 0 Å². The Hall–Kier alpha value is -2.03. The van der Waals surface area contributed by atoms with Gasteiger partial charge in [-0.25, -0.2) is 4.57 Å². The predicted molar refractivity (Wildman–Crippen MR) is 247 cm³/mol. The number of unbranched alkanes of at least 4 members (excludes halogenated alkanes) is 24. The van der Waals surface area contributed by atoms with Crippen LogP contribution >= 0.6 is 7.82 Å². The van der Waals surface area contributed by atoms with Gasteiger partial charge in [0.15, 0.2) is 0 Å². The van der Waals surface area contributed by atoms with Crippen LogP contribution in [0.4, 0.5) is 0 Å². The van der Waals surface area contributed by atoms with E-state index < -0.39 is 26.5 Å². The summed E-state index contributed by atoms with van der Waals surface area (Å²) in [5.41, 5.74) is 0. The van der Waals surface area contributed by atoms with Crippen molar-refractivity contribution in [2.45, 2.75) is 225 Å². The maximum absolute atomic E-state index is 12.1. The molecule has 3 N–H and O–H groups in total. The summed E-state index contributed by atoms with van der Waals surface area (Å²) < 4.78 is 26.9. The lowest BCUT2D eigenvalue weighted by atomic mass is 10.0. The number of aliphatic hydroxyl groups excluding tert-OH is 1. The monoisotopic (exact) mass is 852 g/mol. The molecule has 9 nitrogen and oxygen atoms in total. The van der Waals surface area contributed by atoms with E-state index in [0.29, 0.717) is 6.42 Å². The minimum Gasteiger partial charge on any atom is -0.463 e. The maximum Gasteiger partial charge on any atom is 0.472 e. The zero-order valence-corrected chi connectivity index (χ0v) is 38.8. The number of allylic oxidation sites excluding steroid dienone is 8. The smallest absolute Gasteiger partial charge is 0.463 e. The molecule has 0 saturated carbocycles. The third-order valence-corrected chi connectivity index (χ3v) is 11.2. The number of hydrogen-bond acceptors (Lipinski definition) is 7. The summed E-state index contributed by atoms with van der Waals surface area (Å²) in [6.45, 7) is 3.51. The first-order chi connectivity index (χ1) is 28.8. The van der Waals surface area contributed by atoms with Gasteiger partial charge in [-0.15, -0.1) is 0 Å². The molecular weight excluding hydrogens is 762 g/mol. The average Bonchev–Trinajstić information content (AvgIpc) is 3.22. The largest absolute Gasteiger partial charge is 0.472 e. The number of phosphoric ester groups is 1. The number of amides is 1. The van der Waals surface area contributed by atoms with E-state index in [1.807, 2.05) is 0 Å². The standard InChI is InChI=1S/C49H90NO8P/c1-3-5-7-9-11-13-15-17-19-21-22-23-24-26-28-30-32-34-36-38-40-42-49(53)56-45-47(51)46-58-59(54,55)57-44-43-50-48(52)41-39-37-35-33-31-29-27-25-20-18-16-14-12-10-8-6-4-2/h11-14,17-20,47,51H,3-10,15-16,21-46H2,1-2H3,(H,50,52)(H,54,55)/b13-11-,14-12-,19-17-,20-18-. The molecule has 0 aliphatic rings. The third kappa shape index (κ3) is 46.9. The van der Waals surface area contributed by atoms with Gasteiger partial charge in [0, 0.05) is 19.4 Å². The van der Waals surface area contributed by atoms with Gasteiger partial charge in [0.05, 0.1) is 13.2 Å². The second-order valence-corrected chi connectivity index (χ2v) is 17.5. The van der Waals surface area contributed by atoms with E-state index in [4.69, 9.17) is 13.8 Å². The van der Waals surface area contributed by atoms with Crippen LogP contribution in [0.1, 0.15) is 219 Å². The van der Waals surface area contributed by atoms with Crippen LogP contribution in [0, 0.1) is 0 Å². The van der Waals surface area contributed by atoms with E-state index in [0.717, 1.165) is 57.8 Å². The molecule has 0 fully saturated rings. The normalized spacial score (nSPS) is 13.6. The SMILES string of the molecule is CCCCC/C=C\C/C=C\CCCCCCCCCCCCCC(=O)OCC(O)COP(=O)(O)OCCNC(=O)CCCCCCCCC/C=C\C/C=C\CCCCC. The zero-order valence-electron chi connectivity index (χ0n) is 37.9. The average molecular weight is 852 g/mol. The first kappa shape index (κ1) is 57.0. The van der Waals surface area contributed by atoms with E-state index >= 15 is 0 Å². The van der Waals surface area contributed by atoms with E-state index in [9.17, 15) is 24.2 Å². The molecule has 0 aromatic carbocycles. The van der Waals surface area contributed by atoms with Gasteiger partial charge in [0.25, 0.3) is 0 Å². The van der Waals surface area contributed by atoms with Gasteiger partial charge in [-0.2, -0.15) is 0 Å². The van der Waals surface area contributed by atoms with E-state index in [2.05, 4.69) is 67.8 Å². The molecule has 0 radical (unpaired) electrons. The molecule has 0 heterocycles.